The molecular weight excluding hydrogens is 353 g/mol. The fourth-order valence-electron chi connectivity index (χ4n) is 2.16. The highest BCUT2D eigenvalue weighted by Crippen LogP contribution is 2.38. The largest absolute Gasteiger partial charge is 0.486 e. The predicted octanol–water partition coefficient (Wildman–Crippen LogP) is 4.37. The summed E-state index contributed by atoms with van der Waals surface area (Å²) in [6.45, 7) is 0.950. The highest BCUT2D eigenvalue weighted by molar-refractivity contribution is 7.99. The molecule has 126 valence electrons. The van der Waals surface area contributed by atoms with E-state index in [9.17, 15) is 9.18 Å². The van der Waals surface area contributed by atoms with Crippen LogP contribution in [0.1, 0.15) is 6.42 Å². The molecule has 4 nitrogen and oxygen atoms in total. The second-order valence-electron chi connectivity index (χ2n) is 5.08. The van der Waals surface area contributed by atoms with E-state index in [4.69, 9.17) is 21.1 Å². The third kappa shape index (κ3) is 4.33. The van der Waals surface area contributed by atoms with E-state index in [-0.39, 0.29) is 11.7 Å². The maximum absolute atomic E-state index is 12.8. The zero-order valence-corrected chi connectivity index (χ0v) is 14.3. The molecule has 0 fully saturated rings. The van der Waals surface area contributed by atoms with Crippen LogP contribution in [0.15, 0.2) is 41.3 Å². The average Bonchev–Trinajstić information content (AvgIpc) is 2.57. The molecule has 0 saturated heterocycles. The van der Waals surface area contributed by atoms with Gasteiger partial charge in [-0.05, 0) is 24.3 Å². The van der Waals surface area contributed by atoms with Gasteiger partial charge in [-0.15, -0.1) is 11.8 Å². The summed E-state index contributed by atoms with van der Waals surface area (Å²) in [5.74, 6) is 1.31. The van der Waals surface area contributed by atoms with Crippen LogP contribution in [0.4, 0.5) is 10.1 Å². The van der Waals surface area contributed by atoms with E-state index in [0.29, 0.717) is 47.6 Å². The standard InChI is InChI=1S/C17H15ClFNO3S/c18-13-9-15-16(23-7-6-22-15)10-14(13)20-17(21)5-8-24-12-3-1-11(19)2-4-12/h1-4,9-10H,5-8H2,(H,20,21). The van der Waals surface area contributed by atoms with E-state index in [2.05, 4.69) is 5.32 Å². The normalized spacial score (nSPS) is 12.8. The van der Waals surface area contributed by atoms with E-state index in [0.717, 1.165) is 4.90 Å². The number of ether oxygens (including phenoxy) is 2. The third-order valence-corrected chi connectivity index (χ3v) is 4.64. The summed E-state index contributed by atoms with van der Waals surface area (Å²) in [4.78, 5) is 13.0. The summed E-state index contributed by atoms with van der Waals surface area (Å²) in [7, 11) is 0. The van der Waals surface area contributed by atoms with Crippen molar-refractivity contribution in [3.63, 3.8) is 0 Å². The number of hydrogen-bond donors (Lipinski definition) is 1. The monoisotopic (exact) mass is 367 g/mol. The molecule has 0 aliphatic carbocycles. The quantitative estimate of drug-likeness (QED) is 0.797. The molecule has 0 radical (unpaired) electrons. The number of carbonyl (C=O) groups excluding carboxylic acids is 1. The summed E-state index contributed by atoms with van der Waals surface area (Å²) in [5, 5.41) is 3.18. The van der Waals surface area contributed by atoms with Crippen LogP contribution < -0.4 is 14.8 Å². The molecule has 1 aliphatic rings. The van der Waals surface area contributed by atoms with Gasteiger partial charge in [-0.1, -0.05) is 11.6 Å². The number of fused-ring (bicyclic) bond motifs is 1. The van der Waals surface area contributed by atoms with Crippen LogP contribution in [-0.4, -0.2) is 24.9 Å². The van der Waals surface area contributed by atoms with Crippen molar-refractivity contribution in [3.05, 3.63) is 47.2 Å². The number of anilines is 1. The first-order valence-electron chi connectivity index (χ1n) is 7.39. The molecule has 1 amide bonds. The minimum Gasteiger partial charge on any atom is -0.486 e. The first-order valence-corrected chi connectivity index (χ1v) is 8.75. The average molecular weight is 368 g/mol. The lowest BCUT2D eigenvalue weighted by Gasteiger charge is -2.20. The minimum absolute atomic E-state index is 0.150. The van der Waals surface area contributed by atoms with E-state index in [1.54, 1.807) is 24.3 Å². The number of nitrogens with one attached hydrogen (secondary N) is 1. The van der Waals surface area contributed by atoms with Crippen LogP contribution in [0.3, 0.4) is 0 Å². The molecule has 1 heterocycles. The van der Waals surface area contributed by atoms with E-state index < -0.39 is 0 Å². The molecule has 0 unspecified atom stereocenters. The lowest BCUT2D eigenvalue weighted by atomic mass is 10.2. The second-order valence-corrected chi connectivity index (χ2v) is 6.65. The Kier molecular flexibility index (Phi) is 5.48. The number of carbonyl (C=O) groups is 1. The Labute approximate surface area is 148 Å². The first kappa shape index (κ1) is 16.9. The van der Waals surface area contributed by atoms with Crippen molar-refractivity contribution in [2.45, 2.75) is 11.3 Å². The summed E-state index contributed by atoms with van der Waals surface area (Å²) in [5.41, 5.74) is 0.498. The molecule has 2 aromatic rings. The zero-order valence-electron chi connectivity index (χ0n) is 12.7. The molecule has 0 saturated carbocycles. The summed E-state index contributed by atoms with van der Waals surface area (Å²) < 4.78 is 23.7. The van der Waals surface area contributed by atoms with Gasteiger partial charge in [0.2, 0.25) is 5.91 Å². The fraction of sp³-hybridized carbons (Fsp3) is 0.235. The molecule has 24 heavy (non-hydrogen) atoms. The van der Waals surface area contributed by atoms with Crippen molar-refractivity contribution in [1.82, 2.24) is 0 Å². The topological polar surface area (TPSA) is 47.6 Å². The third-order valence-electron chi connectivity index (χ3n) is 3.32. The van der Waals surface area contributed by atoms with E-state index in [1.165, 1.54) is 23.9 Å². The van der Waals surface area contributed by atoms with Crippen LogP contribution >= 0.6 is 23.4 Å². The molecule has 0 atom stereocenters. The SMILES string of the molecule is O=C(CCSc1ccc(F)cc1)Nc1cc2c(cc1Cl)OCCO2. The van der Waals surface area contributed by atoms with Crippen molar-refractivity contribution in [1.29, 1.82) is 0 Å². The number of halogens is 2. The first-order chi connectivity index (χ1) is 11.6. The summed E-state index contributed by atoms with van der Waals surface area (Å²) in [6, 6.07) is 9.49. The Bertz CT molecular complexity index is 739. The Morgan fingerprint density at radius 2 is 1.83 bits per heavy atom. The van der Waals surface area contributed by atoms with Crippen molar-refractivity contribution in [2.24, 2.45) is 0 Å². The molecular formula is C17H15ClFNO3S. The van der Waals surface area contributed by atoms with Crippen molar-refractivity contribution < 1.29 is 18.7 Å². The Hall–Kier alpha value is -1.92. The summed E-state index contributed by atoms with van der Waals surface area (Å²) in [6.07, 6.45) is 0.312. The minimum atomic E-state index is -0.273. The van der Waals surface area contributed by atoms with Gasteiger partial charge in [0.05, 0.1) is 10.7 Å². The van der Waals surface area contributed by atoms with Gasteiger partial charge in [0.25, 0.3) is 0 Å². The van der Waals surface area contributed by atoms with Crippen molar-refractivity contribution in [2.75, 3.05) is 24.3 Å². The van der Waals surface area contributed by atoms with Crippen LogP contribution in [0.5, 0.6) is 11.5 Å². The van der Waals surface area contributed by atoms with Crippen LogP contribution in [-0.2, 0) is 4.79 Å². The maximum atomic E-state index is 12.8. The number of thioether (sulfide) groups is 1. The molecule has 1 N–H and O–H groups in total. The molecule has 0 aromatic heterocycles. The van der Waals surface area contributed by atoms with E-state index in [1.807, 2.05) is 0 Å². The molecule has 1 aliphatic heterocycles. The molecule has 2 aromatic carbocycles. The zero-order chi connectivity index (χ0) is 16.9. The van der Waals surface area contributed by atoms with Gasteiger partial charge in [0.15, 0.2) is 11.5 Å². The van der Waals surface area contributed by atoms with Crippen LogP contribution in [0.25, 0.3) is 0 Å². The Balaban J connectivity index is 1.54. The van der Waals surface area contributed by atoms with Crippen LogP contribution in [0, 0.1) is 5.82 Å². The molecule has 0 spiro atoms. The van der Waals surface area contributed by atoms with Gasteiger partial charge >= 0.3 is 0 Å². The highest BCUT2D eigenvalue weighted by Gasteiger charge is 2.16. The van der Waals surface area contributed by atoms with Crippen LogP contribution in [0.2, 0.25) is 5.02 Å². The fourth-order valence-corrected chi connectivity index (χ4v) is 3.22. The smallest absolute Gasteiger partial charge is 0.225 e. The summed E-state index contributed by atoms with van der Waals surface area (Å²) >= 11 is 7.65. The predicted molar refractivity (Wildman–Crippen MR) is 92.8 cm³/mol. The number of rotatable bonds is 5. The second kappa shape index (κ2) is 7.77. The molecule has 7 heteroatoms. The lowest BCUT2D eigenvalue weighted by molar-refractivity contribution is -0.115. The van der Waals surface area contributed by atoms with Gasteiger partial charge in [0.1, 0.15) is 19.0 Å². The number of hydrogen-bond acceptors (Lipinski definition) is 4. The van der Waals surface area contributed by atoms with E-state index >= 15 is 0 Å². The van der Waals surface area contributed by atoms with Gasteiger partial charge in [-0.3, -0.25) is 4.79 Å². The lowest BCUT2D eigenvalue weighted by Crippen LogP contribution is -2.17. The van der Waals surface area contributed by atoms with Gasteiger partial charge < -0.3 is 14.8 Å². The Morgan fingerprint density at radius 1 is 1.17 bits per heavy atom. The Morgan fingerprint density at radius 3 is 2.54 bits per heavy atom. The van der Waals surface area contributed by atoms with Crippen molar-refractivity contribution >= 4 is 35.0 Å². The molecule has 3 rings (SSSR count). The van der Waals surface area contributed by atoms with Crippen molar-refractivity contribution in [3.8, 4) is 11.5 Å². The molecule has 0 bridgehead atoms. The van der Waals surface area contributed by atoms with Gasteiger partial charge in [-0.25, -0.2) is 4.39 Å². The number of amides is 1. The van der Waals surface area contributed by atoms with Gasteiger partial charge in [0, 0.05) is 29.2 Å². The van der Waals surface area contributed by atoms with Gasteiger partial charge in [-0.2, -0.15) is 0 Å². The highest BCUT2D eigenvalue weighted by atomic mass is 35.5. The number of benzene rings is 2. The maximum Gasteiger partial charge on any atom is 0.225 e.